The van der Waals surface area contributed by atoms with E-state index in [1.54, 1.807) is 0 Å². The molecule has 1 aromatic rings. The molecule has 0 aromatic carbocycles. The number of alkyl halides is 3. The SMILES string of the molecule is O=C(O)c1cncc(NC(=O)C2CCC(C(F)(F)F)CC2)c1. The Bertz CT molecular complexity index is 567. The fraction of sp³-hybridized carbons (Fsp3) is 0.500. The molecule has 0 bridgehead atoms. The lowest BCUT2D eigenvalue weighted by Crippen LogP contribution is -2.32. The maximum absolute atomic E-state index is 12.6. The minimum Gasteiger partial charge on any atom is -0.478 e. The van der Waals surface area contributed by atoms with E-state index in [1.807, 2.05) is 0 Å². The van der Waals surface area contributed by atoms with Gasteiger partial charge in [0.1, 0.15) is 0 Å². The molecule has 0 atom stereocenters. The molecule has 8 heteroatoms. The van der Waals surface area contributed by atoms with E-state index in [1.165, 1.54) is 12.3 Å². The number of rotatable bonds is 3. The molecule has 1 fully saturated rings. The molecule has 0 aliphatic heterocycles. The molecule has 1 heterocycles. The molecular formula is C14H15F3N2O3. The normalized spacial score (nSPS) is 22.1. The van der Waals surface area contributed by atoms with Crippen LogP contribution in [0.3, 0.4) is 0 Å². The van der Waals surface area contributed by atoms with Gasteiger partial charge < -0.3 is 10.4 Å². The molecule has 1 amide bonds. The molecule has 2 rings (SSSR count). The lowest BCUT2D eigenvalue weighted by Gasteiger charge is -2.29. The fourth-order valence-corrected chi connectivity index (χ4v) is 2.55. The molecule has 1 aliphatic rings. The lowest BCUT2D eigenvalue weighted by molar-refractivity contribution is -0.184. The Morgan fingerprint density at radius 3 is 2.36 bits per heavy atom. The number of aromatic nitrogens is 1. The van der Waals surface area contributed by atoms with Crippen LogP contribution in [0.5, 0.6) is 0 Å². The second-order valence-electron chi connectivity index (χ2n) is 5.35. The number of pyridine rings is 1. The van der Waals surface area contributed by atoms with Gasteiger partial charge in [-0.25, -0.2) is 4.79 Å². The fourth-order valence-electron chi connectivity index (χ4n) is 2.55. The summed E-state index contributed by atoms with van der Waals surface area (Å²) in [4.78, 5) is 26.6. The predicted octanol–water partition coefficient (Wildman–Crippen LogP) is 3.09. The van der Waals surface area contributed by atoms with E-state index in [-0.39, 0.29) is 36.9 Å². The van der Waals surface area contributed by atoms with Crippen molar-refractivity contribution in [3.63, 3.8) is 0 Å². The first kappa shape index (κ1) is 16.3. The molecule has 22 heavy (non-hydrogen) atoms. The van der Waals surface area contributed by atoms with Crippen molar-refractivity contribution >= 4 is 17.6 Å². The van der Waals surface area contributed by atoms with Gasteiger partial charge in [0.25, 0.3) is 0 Å². The van der Waals surface area contributed by atoms with E-state index in [9.17, 15) is 22.8 Å². The van der Waals surface area contributed by atoms with Gasteiger partial charge in [-0.3, -0.25) is 9.78 Å². The Kier molecular flexibility index (Phi) is 4.68. The van der Waals surface area contributed by atoms with E-state index in [0.29, 0.717) is 0 Å². The molecule has 2 N–H and O–H groups in total. The predicted molar refractivity (Wildman–Crippen MR) is 71.3 cm³/mol. The standard InChI is InChI=1S/C14H15F3N2O3/c15-14(16,17)10-3-1-8(2-4-10)12(20)19-11-5-9(13(21)22)6-18-7-11/h5-8,10H,1-4H2,(H,19,20)(H,21,22). The molecule has 0 saturated heterocycles. The summed E-state index contributed by atoms with van der Waals surface area (Å²) in [5.74, 6) is -3.40. The average molecular weight is 316 g/mol. The van der Waals surface area contributed by atoms with E-state index in [2.05, 4.69) is 10.3 Å². The van der Waals surface area contributed by atoms with Crippen molar-refractivity contribution in [2.75, 3.05) is 5.32 Å². The smallest absolute Gasteiger partial charge is 0.391 e. The van der Waals surface area contributed by atoms with Crippen LogP contribution in [-0.4, -0.2) is 28.1 Å². The highest BCUT2D eigenvalue weighted by molar-refractivity contribution is 5.94. The topological polar surface area (TPSA) is 79.3 Å². The van der Waals surface area contributed by atoms with Crippen LogP contribution < -0.4 is 5.32 Å². The van der Waals surface area contributed by atoms with E-state index in [0.717, 1.165) is 6.20 Å². The summed E-state index contributed by atoms with van der Waals surface area (Å²) in [5.41, 5.74) is 0.154. The lowest BCUT2D eigenvalue weighted by atomic mass is 9.81. The largest absolute Gasteiger partial charge is 0.478 e. The quantitative estimate of drug-likeness (QED) is 0.898. The van der Waals surface area contributed by atoms with Crippen LogP contribution in [-0.2, 0) is 4.79 Å². The third-order valence-electron chi connectivity index (χ3n) is 3.81. The van der Waals surface area contributed by atoms with E-state index >= 15 is 0 Å². The van der Waals surface area contributed by atoms with Gasteiger partial charge in [0.15, 0.2) is 0 Å². The summed E-state index contributed by atoms with van der Waals surface area (Å²) in [6, 6.07) is 1.26. The molecule has 0 spiro atoms. The van der Waals surface area contributed by atoms with Crippen LogP contribution in [0.2, 0.25) is 0 Å². The second-order valence-corrected chi connectivity index (χ2v) is 5.35. The van der Waals surface area contributed by atoms with Gasteiger partial charge in [0, 0.05) is 12.1 Å². The van der Waals surface area contributed by atoms with Crippen molar-refractivity contribution in [2.24, 2.45) is 11.8 Å². The van der Waals surface area contributed by atoms with Gasteiger partial charge in [-0.1, -0.05) is 0 Å². The molecule has 0 radical (unpaired) electrons. The molecule has 1 aliphatic carbocycles. The van der Waals surface area contributed by atoms with Crippen molar-refractivity contribution in [1.82, 2.24) is 4.98 Å². The maximum Gasteiger partial charge on any atom is 0.391 e. The molecule has 1 saturated carbocycles. The Labute approximate surface area is 124 Å². The number of anilines is 1. The molecule has 0 unspecified atom stereocenters. The zero-order chi connectivity index (χ0) is 16.3. The third-order valence-corrected chi connectivity index (χ3v) is 3.81. The van der Waals surface area contributed by atoms with Gasteiger partial charge >= 0.3 is 12.1 Å². The average Bonchev–Trinajstić information content (AvgIpc) is 2.46. The molecular weight excluding hydrogens is 301 g/mol. The Morgan fingerprint density at radius 1 is 1.18 bits per heavy atom. The number of nitrogens with zero attached hydrogens (tertiary/aromatic N) is 1. The van der Waals surface area contributed by atoms with Gasteiger partial charge in [0.2, 0.25) is 5.91 Å². The summed E-state index contributed by atoms with van der Waals surface area (Å²) in [6.45, 7) is 0. The minimum atomic E-state index is -4.21. The first-order chi connectivity index (χ1) is 10.3. The number of carbonyl (C=O) groups is 2. The number of hydrogen-bond donors (Lipinski definition) is 2. The van der Waals surface area contributed by atoms with Crippen LogP contribution in [0.1, 0.15) is 36.0 Å². The van der Waals surface area contributed by atoms with Gasteiger partial charge in [0.05, 0.1) is 23.4 Å². The van der Waals surface area contributed by atoms with E-state index in [4.69, 9.17) is 5.11 Å². The van der Waals surface area contributed by atoms with Crippen LogP contribution in [0.4, 0.5) is 18.9 Å². The van der Waals surface area contributed by atoms with Crippen molar-refractivity contribution in [3.05, 3.63) is 24.0 Å². The maximum atomic E-state index is 12.6. The molecule has 5 nitrogen and oxygen atoms in total. The van der Waals surface area contributed by atoms with Crippen molar-refractivity contribution in [1.29, 1.82) is 0 Å². The highest BCUT2D eigenvalue weighted by atomic mass is 19.4. The first-order valence-corrected chi connectivity index (χ1v) is 6.83. The second kappa shape index (κ2) is 6.33. The number of nitrogens with one attached hydrogen (secondary N) is 1. The van der Waals surface area contributed by atoms with Crippen LogP contribution in [0, 0.1) is 11.8 Å². The van der Waals surface area contributed by atoms with Crippen molar-refractivity contribution < 1.29 is 27.9 Å². The Morgan fingerprint density at radius 2 is 1.82 bits per heavy atom. The summed E-state index contributed by atoms with van der Waals surface area (Å²) < 4.78 is 37.7. The number of carboxylic acids is 1. The summed E-state index contributed by atoms with van der Waals surface area (Å²) in [6.07, 6.45) is -1.55. The van der Waals surface area contributed by atoms with Crippen LogP contribution >= 0.6 is 0 Å². The van der Waals surface area contributed by atoms with Gasteiger partial charge in [-0.05, 0) is 31.7 Å². The van der Waals surface area contributed by atoms with Gasteiger partial charge in [-0.2, -0.15) is 13.2 Å². The van der Waals surface area contributed by atoms with E-state index < -0.39 is 29.9 Å². The molecule has 120 valence electrons. The number of amides is 1. The summed E-state index contributed by atoms with van der Waals surface area (Å²) in [7, 11) is 0. The molecule has 1 aromatic heterocycles. The number of aromatic carboxylic acids is 1. The number of carbonyl (C=O) groups excluding carboxylic acids is 1. The van der Waals surface area contributed by atoms with Crippen LogP contribution in [0.15, 0.2) is 18.5 Å². The number of halogens is 3. The Hall–Kier alpha value is -2.12. The number of carboxylic acid groups (broad SMARTS) is 1. The van der Waals surface area contributed by atoms with Crippen molar-refractivity contribution in [2.45, 2.75) is 31.9 Å². The first-order valence-electron chi connectivity index (χ1n) is 6.83. The van der Waals surface area contributed by atoms with Crippen molar-refractivity contribution in [3.8, 4) is 0 Å². The van der Waals surface area contributed by atoms with Gasteiger partial charge in [-0.15, -0.1) is 0 Å². The highest BCUT2D eigenvalue weighted by Crippen LogP contribution is 2.39. The highest BCUT2D eigenvalue weighted by Gasteiger charge is 2.42. The summed E-state index contributed by atoms with van der Waals surface area (Å²) >= 11 is 0. The zero-order valence-electron chi connectivity index (χ0n) is 11.6. The summed E-state index contributed by atoms with van der Waals surface area (Å²) in [5, 5.41) is 11.4. The minimum absolute atomic E-state index is 0.0605. The Balaban J connectivity index is 1.94. The van der Waals surface area contributed by atoms with Crippen LogP contribution in [0.25, 0.3) is 0 Å². The number of hydrogen-bond acceptors (Lipinski definition) is 3. The zero-order valence-corrected chi connectivity index (χ0v) is 11.6. The monoisotopic (exact) mass is 316 g/mol. The third kappa shape index (κ3) is 3.96.